The lowest BCUT2D eigenvalue weighted by molar-refractivity contribution is 0.0526. The second-order valence-electron chi connectivity index (χ2n) is 3.86. The highest BCUT2D eigenvalue weighted by Gasteiger charge is 2.08. The molecule has 0 aliphatic heterocycles. The zero-order valence-electron chi connectivity index (χ0n) is 11.3. The predicted molar refractivity (Wildman–Crippen MR) is 70.7 cm³/mol. The van der Waals surface area contributed by atoms with E-state index in [0.717, 1.165) is 5.69 Å². The topological polar surface area (TPSA) is 86.5 Å². The van der Waals surface area contributed by atoms with Crippen molar-refractivity contribution in [3.63, 3.8) is 0 Å². The molecule has 0 spiro atoms. The molecule has 2 aromatic rings. The number of rotatable bonds is 6. The zero-order valence-corrected chi connectivity index (χ0v) is 11.3. The van der Waals surface area contributed by atoms with Gasteiger partial charge in [-0.15, -0.1) is 5.10 Å². The first-order valence-corrected chi connectivity index (χ1v) is 6.08. The van der Waals surface area contributed by atoms with E-state index in [1.165, 1.54) is 0 Å². The van der Waals surface area contributed by atoms with E-state index in [1.807, 2.05) is 0 Å². The molecule has 0 amide bonds. The number of esters is 1. The molecule has 0 fully saturated rings. The van der Waals surface area contributed by atoms with Crippen LogP contribution in [0.15, 0.2) is 28.7 Å². The SMILES string of the molecule is CCOC(=O)c1ccc(Nc2nnc(COC)o2)cc1. The van der Waals surface area contributed by atoms with Gasteiger partial charge in [-0.1, -0.05) is 5.10 Å². The van der Waals surface area contributed by atoms with E-state index in [0.29, 0.717) is 18.1 Å². The van der Waals surface area contributed by atoms with E-state index in [-0.39, 0.29) is 18.6 Å². The molecule has 1 heterocycles. The molecule has 0 atom stereocenters. The highest BCUT2D eigenvalue weighted by molar-refractivity contribution is 5.89. The fraction of sp³-hybridized carbons (Fsp3) is 0.308. The Morgan fingerprint density at radius 1 is 1.30 bits per heavy atom. The number of ether oxygens (including phenoxy) is 2. The van der Waals surface area contributed by atoms with Crippen molar-refractivity contribution in [1.82, 2.24) is 10.2 Å². The van der Waals surface area contributed by atoms with Crippen LogP contribution in [-0.4, -0.2) is 29.9 Å². The summed E-state index contributed by atoms with van der Waals surface area (Å²) < 4.78 is 15.1. The number of nitrogens with zero attached hydrogens (tertiary/aromatic N) is 2. The van der Waals surface area contributed by atoms with Gasteiger partial charge >= 0.3 is 12.0 Å². The van der Waals surface area contributed by atoms with Gasteiger partial charge in [-0.3, -0.25) is 0 Å². The van der Waals surface area contributed by atoms with Gasteiger partial charge in [-0.2, -0.15) is 0 Å². The molecule has 0 radical (unpaired) electrons. The summed E-state index contributed by atoms with van der Waals surface area (Å²) >= 11 is 0. The molecule has 2 rings (SSSR count). The minimum atomic E-state index is -0.348. The van der Waals surface area contributed by atoms with Crippen LogP contribution in [0.3, 0.4) is 0 Å². The fourth-order valence-corrected chi connectivity index (χ4v) is 1.51. The van der Waals surface area contributed by atoms with Crippen LogP contribution in [0.2, 0.25) is 0 Å². The van der Waals surface area contributed by atoms with Crippen LogP contribution in [0.25, 0.3) is 0 Å². The van der Waals surface area contributed by atoms with Gasteiger partial charge in [0.05, 0.1) is 12.2 Å². The van der Waals surface area contributed by atoms with Crippen molar-refractivity contribution in [2.24, 2.45) is 0 Å². The van der Waals surface area contributed by atoms with Crippen LogP contribution >= 0.6 is 0 Å². The van der Waals surface area contributed by atoms with Crippen molar-refractivity contribution < 1.29 is 18.7 Å². The summed E-state index contributed by atoms with van der Waals surface area (Å²) in [6.07, 6.45) is 0. The smallest absolute Gasteiger partial charge is 0.338 e. The monoisotopic (exact) mass is 277 g/mol. The van der Waals surface area contributed by atoms with E-state index in [9.17, 15) is 4.79 Å². The molecular weight excluding hydrogens is 262 g/mol. The number of carbonyl (C=O) groups excluding carboxylic acids is 1. The van der Waals surface area contributed by atoms with Gasteiger partial charge in [0.1, 0.15) is 6.61 Å². The number of hydrogen-bond donors (Lipinski definition) is 1. The lowest BCUT2D eigenvalue weighted by Gasteiger charge is -2.04. The average Bonchev–Trinajstić information content (AvgIpc) is 2.88. The molecule has 0 saturated carbocycles. The van der Waals surface area contributed by atoms with Crippen molar-refractivity contribution in [3.05, 3.63) is 35.7 Å². The van der Waals surface area contributed by atoms with Crippen LogP contribution < -0.4 is 5.32 Å². The fourth-order valence-electron chi connectivity index (χ4n) is 1.51. The van der Waals surface area contributed by atoms with E-state index in [4.69, 9.17) is 13.9 Å². The van der Waals surface area contributed by atoms with Gasteiger partial charge in [0.2, 0.25) is 5.89 Å². The largest absolute Gasteiger partial charge is 0.462 e. The third-order valence-electron chi connectivity index (χ3n) is 2.38. The molecule has 0 bridgehead atoms. The normalized spacial score (nSPS) is 10.3. The predicted octanol–water partition coefficient (Wildman–Crippen LogP) is 2.14. The second-order valence-corrected chi connectivity index (χ2v) is 3.86. The molecule has 7 heteroatoms. The van der Waals surface area contributed by atoms with Gasteiger partial charge < -0.3 is 19.2 Å². The molecule has 1 aromatic heterocycles. The number of hydrogen-bond acceptors (Lipinski definition) is 7. The molecular formula is C13H15N3O4. The minimum absolute atomic E-state index is 0.260. The van der Waals surface area contributed by atoms with Crippen LogP contribution in [0.1, 0.15) is 23.2 Å². The number of methoxy groups -OCH3 is 1. The number of benzene rings is 1. The minimum Gasteiger partial charge on any atom is -0.462 e. The second kappa shape index (κ2) is 6.67. The molecule has 1 aromatic carbocycles. The van der Waals surface area contributed by atoms with E-state index >= 15 is 0 Å². The van der Waals surface area contributed by atoms with E-state index in [1.54, 1.807) is 38.3 Å². The first kappa shape index (κ1) is 14.0. The van der Waals surface area contributed by atoms with Crippen LogP contribution in [0.4, 0.5) is 11.7 Å². The molecule has 0 unspecified atom stereocenters. The van der Waals surface area contributed by atoms with Crippen LogP contribution in [0, 0.1) is 0 Å². The summed E-state index contributed by atoms with van der Waals surface area (Å²) in [7, 11) is 1.55. The quantitative estimate of drug-likeness (QED) is 0.809. The van der Waals surface area contributed by atoms with Crippen molar-refractivity contribution in [3.8, 4) is 0 Å². The molecule has 1 N–H and O–H groups in total. The van der Waals surface area contributed by atoms with Gasteiger partial charge in [0.15, 0.2) is 0 Å². The Kier molecular flexibility index (Phi) is 4.67. The summed E-state index contributed by atoms with van der Waals surface area (Å²) in [6, 6.07) is 7.04. The van der Waals surface area contributed by atoms with Crippen LogP contribution in [-0.2, 0) is 16.1 Å². The summed E-state index contributed by atoms with van der Waals surface area (Å²) in [5.74, 6) is 0.0392. The summed E-state index contributed by atoms with van der Waals surface area (Å²) in [6.45, 7) is 2.38. The maximum Gasteiger partial charge on any atom is 0.338 e. The first-order chi connectivity index (χ1) is 9.72. The third kappa shape index (κ3) is 3.55. The lowest BCUT2D eigenvalue weighted by atomic mass is 10.2. The zero-order chi connectivity index (χ0) is 14.4. The molecule has 0 saturated heterocycles. The van der Waals surface area contributed by atoms with Crippen molar-refractivity contribution in [1.29, 1.82) is 0 Å². The van der Waals surface area contributed by atoms with E-state index in [2.05, 4.69) is 15.5 Å². The summed E-state index contributed by atoms with van der Waals surface area (Å²) in [5.41, 5.74) is 1.22. The standard InChI is InChI=1S/C13H15N3O4/c1-3-19-12(17)9-4-6-10(7-5-9)14-13-16-15-11(20-13)8-18-2/h4-7H,3,8H2,1-2H3,(H,14,16). The molecule has 106 valence electrons. The average molecular weight is 277 g/mol. The van der Waals surface area contributed by atoms with Crippen molar-refractivity contribution in [2.45, 2.75) is 13.5 Å². The highest BCUT2D eigenvalue weighted by Crippen LogP contribution is 2.16. The van der Waals surface area contributed by atoms with E-state index < -0.39 is 0 Å². The Balaban J connectivity index is 2.00. The maximum atomic E-state index is 11.5. The Morgan fingerprint density at radius 2 is 2.05 bits per heavy atom. The van der Waals surface area contributed by atoms with Gasteiger partial charge in [-0.25, -0.2) is 4.79 Å². The van der Waals surface area contributed by atoms with Crippen molar-refractivity contribution >= 4 is 17.7 Å². The van der Waals surface area contributed by atoms with Crippen LogP contribution in [0.5, 0.6) is 0 Å². The number of carbonyl (C=O) groups is 1. The highest BCUT2D eigenvalue weighted by atomic mass is 16.5. The lowest BCUT2D eigenvalue weighted by Crippen LogP contribution is -2.04. The maximum absolute atomic E-state index is 11.5. The van der Waals surface area contributed by atoms with Gasteiger partial charge in [0.25, 0.3) is 0 Å². The van der Waals surface area contributed by atoms with Gasteiger partial charge in [0, 0.05) is 12.8 Å². The Bertz CT molecular complexity index is 565. The van der Waals surface area contributed by atoms with Gasteiger partial charge in [-0.05, 0) is 31.2 Å². The third-order valence-corrected chi connectivity index (χ3v) is 2.38. The summed E-state index contributed by atoms with van der Waals surface area (Å²) in [5, 5.41) is 10.5. The number of nitrogens with one attached hydrogen (secondary N) is 1. The Morgan fingerprint density at radius 3 is 2.70 bits per heavy atom. The molecule has 7 nitrogen and oxygen atoms in total. The Labute approximate surface area is 115 Å². The van der Waals surface area contributed by atoms with Crippen molar-refractivity contribution in [2.75, 3.05) is 19.0 Å². The molecule has 20 heavy (non-hydrogen) atoms. The molecule has 0 aliphatic carbocycles. The molecule has 0 aliphatic rings. The number of anilines is 2. The first-order valence-electron chi connectivity index (χ1n) is 6.08. The summed E-state index contributed by atoms with van der Waals surface area (Å²) in [4.78, 5) is 11.5. The number of aromatic nitrogens is 2. The Hall–Kier alpha value is -2.41.